The zero-order chi connectivity index (χ0) is 30.3. The number of anilines is 1. The van der Waals surface area contributed by atoms with Crippen LogP contribution in [-0.4, -0.2) is 99.4 Å². The van der Waals surface area contributed by atoms with Crippen LogP contribution in [0.3, 0.4) is 0 Å². The van der Waals surface area contributed by atoms with E-state index in [1.165, 1.54) is 5.56 Å². The van der Waals surface area contributed by atoms with Gasteiger partial charge in [0.15, 0.2) is 0 Å². The van der Waals surface area contributed by atoms with Crippen LogP contribution in [0.2, 0.25) is 0 Å². The van der Waals surface area contributed by atoms with Gasteiger partial charge in [-0.2, -0.15) is 0 Å². The Bertz CT molecular complexity index is 1050. The number of piperidine rings is 1. The molecule has 9 heteroatoms. The highest BCUT2D eigenvalue weighted by Gasteiger charge is 2.36. The molecular formula is C34H52N2O7. The summed E-state index contributed by atoms with van der Waals surface area (Å²) < 4.78 is 40.7. The summed E-state index contributed by atoms with van der Waals surface area (Å²) in [6.45, 7) is 10.8. The second kappa shape index (κ2) is 18.5. The topological polar surface area (TPSA) is 79.9 Å². The first kappa shape index (κ1) is 33.6. The van der Waals surface area contributed by atoms with Gasteiger partial charge in [0.25, 0.3) is 0 Å². The molecular weight excluding hydrogens is 548 g/mol. The fraction of sp³-hybridized carbons (Fsp3) is 0.647. The van der Waals surface area contributed by atoms with Crippen LogP contribution in [0.25, 0.3) is 0 Å². The molecule has 1 fully saturated rings. The lowest BCUT2D eigenvalue weighted by molar-refractivity contribution is -0.0622. The van der Waals surface area contributed by atoms with Crippen molar-refractivity contribution in [3.05, 3.63) is 59.2 Å². The highest BCUT2D eigenvalue weighted by Crippen LogP contribution is 2.34. The van der Waals surface area contributed by atoms with E-state index in [0.29, 0.717) is 52.2 Å². The first-order chi connectivity index (χ1) is 21.1. The molecule has 2 aromatic carbocycles. The molecule has 2 aliphatic rings. The fourth-order valence-electron chi connectivity index (χ4n) is 5.84. The molecule has 2 aliphatic heterocycles. The first-order valence-electron chi connectivity index (χ1n) is 15.7. The minimum atomic E-state index is -0.0387. The summed E-state index contributed by atoms with van der Waals surface area (Å²) in [5.41, 5.74) is 4.65. The lowest BCUT2D eigenvalue weighted by Gasteiger charge is -2.39. The molecule has 240 valence electrons. The average molecular weight is 601 g/mol. The standard InChI is InChI=1S/C34H52N2O7/c1-26(22-39-4)23-40-24-27-7-10-29(11-8-27)34-32(41-17-6-16-38-3)20-35-21-33(34)43-25-28-9-12-31-30(19-28)36(14-18-42-31)13-5-15-37-2/h7-12,19,26,32-35H,5-6,13-18,20-25H2,1-4H3/t26?,32-,33+,34+/m1/s1. The zero-order valence-corrected chi connectivity index (χ0v) is 26.6. The van der Waals surface area contributed by atoms with Crippen LogP contribution < -0.4 is 15.0 Å². The van der Waals surface area contributed by atoms with Crippen molar-refractivity contribution in [2.75, 3.05) is 92.0 Å². The quantitative estimate of drug-likeness (QED) is 0.236. The molecule has 1 unspecified atom stereocenters. The molecule has 4 atom stereocenters. The number of ether oxygens (including phenoxy) is 7. The minimum absolute atomic E-state index is 0.000749. The zero-order valence-electron chi connectivity index (χ0n) is 26.6. The molecule has 0 radical (unpaired) electrons. The third-order valence-corrected chi connectivity index (χ3v) is 8.03. The SMILES string of the molecule is COCCCO[C@@H]1CNC[C@H](OCc2ccc3c(c2)N(CCCOC)CCO3)[C@H]1c1ccc(COCC(C)COC)cc1. The van der Waals surface area contributed by atoms with E-state index in [1.807, 2.05) is 0 Å². The summed E-state index contributed by atoms with van der Waals surface area (Å²) in [6.07, 6.45) is 1.81. The summed E-state index contributed by atoms with van der Waals surface area (Å²) >= 11 is 0. The number of rotatable bonds is 19. The molecule has 0 aliphatic carbocycles. The Labute approximate surface area is 258 Å². The average Bonchev–Trinajstić information content (AvgIpc) is 3.03. The van der Waals surface area contributed by atoms with E-state index in [1.54, 1.807) is 21.3 Å². The maximum absolute atomic E-state index is 6.68. The van der Waals surface area contributed by atoms with E-state index in [9.17, 15) is 0 Å². The second-order valence-corrected chi connectivity index (χ2v) is 11.6. The lowest BCUT2D eigenvalue weighted by atomic mass is 9.85. The highest BCUT2D eigenvalue weighted by atomic mass is 16.5. The van der Waals surface area contributed by atoms with Crippen molar-refractivity contribution >= 4 is 5.69 Å². The third kappa shape index (κ3) is 10.4. The van der Waals surface area contributed by atoms with Gasteiger partial charge in [-0.3, -0.25) is 0 Å². The van der Waals surface area contributed by atoms with Gasteiger partial charge in [-0.1, -0.05) is 37.3 Å². The Kier molecular flexibility index (Phi) is 14.5. The van der Waals surface area contributed by atoms with Gasteiger partial charge < -0.3 is 43.4 Å². The number of hydrogen-bond acceptors (Lipinski definition) is 9. The molecule has 43 heavy (non-hydrogen) atoms. The van der Waals surface area contributed by atoms with Crippen molar-refractivity contribution < 1.29 is 33.2 Å². The number of methoxy groups -OCH3 is 3. The molecule has 0 aromatic heterocycles. The number of nitrogens with one attached hydrogen (secondary N) is 1. The predicted octanol–water partition coefficient (Wildman–Crippen LogP) is 4.41. The molecule has 0 bridgehead atoms. The number of nitrogens with zero attached hydrogens (tertiary/aromatic N) is 1. The van der Waals surface area contributed by atoms with Crippen molar-refractivity contribution in [2.45, 2.75) is 51.1 Å². The van der Waals surface area contributed by atoms with Crippen LogP contribution in [0, 0.1) is 5.92 Å². The van der Waals surface area contributed by atoms with Gasteiger partial charge in [-0.05, 0) is 41.7 Å². The number of fused-ring (bicyclic) bond motifs is 1. The van der Waals surface area contributed by atoms with Crippen LogP contribution in [0.1, 0.15) is 42.4 Å². The van der Waals surface area contributed by atoms with Gasteiger partial charge in [0.05, 0.1) is 50.9 Å². The van der Waals surface area contributed by atoms with E-state index >= 15 is 0 Å². The molecule has 1 N–H and O–H groups in total. The Morgan fingerprint density at radius 3 is 2.35 bits per heavy atom. The molecule has 0 amide bonds. The van der Waals surface area contributed by atoms with Gasteiger partial charge in [-0.25, -0.2) is 0 Å². The van der Waals surface area contributed by atoms with Crippen LogP contribution in [0.5, 0.6) is 5.75 Å². The second-order valence-electron chi connectivity index (χ2n) is 11.6. The van der Waals surface area contributed by atoms with E-state index in [2.05, 4.69) is 59.6 Å². The fourth-order valence-corrected chi connectivity index (χ4v) is 5.84. The van der Waals surface area contributed by atoms with Crippen molar-refractivity contribution in [2.24, 2.45) is 5.92 Å². The maximum Gasteiger partial charge on any atom is 0.142 e. The van der Waals surface area contributed by atoms with Gasteiger partial charge >= 0.3 is 0 Å². The summed E-state index contributed by atoms with van der Waals surface area (Å²) in [5.74, 6) is 1.41. The molecule has 0 spiro atoms. The van der Waals surface area contributed by atoms with E-state index < -0.39 is 0 Å². The van der Waals surface area contributed by atoms with Gasteiger partial charge in [0, 0.05) is 72.6 Å². The van der Waals surface area contributed by atoms with Crippen molar-refractivity contribution in [3.63, 3.8) is 0 Å². The van der Waals surface area contributed by atoms with Crippen LogP contribution in [-0.2, 0) is 41.6 Å². The van der Waals surface area contributed by atoms with Crippen LogP contribution in [0.4, 0.5) is 5.69 Å². The largest absolute Gasteiger partial charge is 0.490 e. The minimum Gasteiger partial charge on any atom is -0.490 e. The maximum atomic E-state index is 6.68. The Morgan fingerprint density at radius 2 is 1.58 bits per heavy atom. The summed E-state index contributed by atoms with van der Waals surface area (Å²) in [4.78, 5) is 2.39. The van der Waals surface area contributed by atoms with Gasteiger partial charge in [0.2, 0.25) is 0 Å². The monoisotopic (exact) mass is 600 g/mol. The Hall–Kier alpha value is -2.24. The molecule has 0 saturated carbocycles. The predicted molar refractivity (Wildman–Crippen MR) is 168 cm³/mol. The third-order valence-electron chi connectivity index (χ3n) is 8.03. The van der Waals surface area contributed by atoms with E-state index in [-0.39, 0.29) is 18.1 Å². The van der Waals surface area contributed by atoms with Crippen molar-refractivity contribution in [1.82, 2.24) is 5.32 Å². The lowest BCUT2D eigenvalue weighted by Crippen LogP contribution is -2.50. The summed E-state index contributed by atoms with van der Waals surface area (Å²) in [5, 5.41) is 3.56. The van der Waals surface area contributed by atoms with E-state index in [4.69, 9.17) is 33.2 Å². The van der Waals surface area contributed by atoms with E-state index in [0.717, 1.165) is 68.2 Å². The van der Waals surface area contributed by atoms with Gasteiger partial charge in [-0.15, -0.1) is 0 Å². The smallest absolute Gasteiger partial charge is 0.142 e. The highest BCUT2D eigenvalue weighted by molar-refractivity contribution is 5.61. The number of hydrogen-bond donors (Lipinski definition) is 1. The molecule has 9 nitrogen and oxygen atoms in total. The van der Waals surface area contributed by atoms with Crippen LogP contribution in [0.15, 0.2) is 42.5 Å². The molecule has 2 heterocycles. The normalized spacial score (nSPS) is 20.9. The number of benzene rings is 2. The summed E-state index contributed by atoms with van der Waals surface area (Å²) in [6, 6.07) is 15.2. The molecule has 1 saturated heterocycles. The van der Waals surface area contributed by atoms with Crippen molar-refractivity contribution in [1.29, 1.82) is 0 Å². The molecule has 4 rings (SSSR count). The Balaban J connectivity index is 1.43. The Morgan fingerprint density at radius 1 is 0.837 bits per heavy atom. The first-order valence-corrected chi connectivity index (χ1v) is 15.7. The van der Waals surface area contributed by atoms with Crippen molar-refractivity contribution in [3.8, 4) is 5.75 Å². The molecule has 2 aromatic rings. The summed E-state index contributed by atoms with van der Waals surface area (Å²) in [7, 11) is 5.20. The van der Waals surface area contributed by atoms with Gasteiger partial charge in [0.1, 0.15) is 12.4 Å². The van der Waals surface area contributed by atoms with Crippen LogP contribution >= 0.6 is 0 Å².